The Kier molecular flexibility index (Phi) is 5.59. The van der Waals surface area contributed by atoms with E-state index in [9.17, 15) is 14.4 Å². The van der Waals surface area contributed by atoms with Gasteiger partial charge in [0.25, 0.3) is 0 Å². The van der Waals surface area contributed by atoms with Gasteiger partial charge in [0.15, 0.2) is 0 Å². The first-order valence-corrected chi connectivity index (χ1v) is 7.86. The van der Waals surface area contributed by atoms with Crippen molar-refractivity contribution in [2.75, 3.05) is 32.7 Å². The van der Waals surface area contributed by atoms with Gasteiger partial charge >= 0.3 is 0 Å². The lowest BCUT2D eigenvalue weighted by Gasteiger charge is -2.16. The fourth-order valence-corrected chi connectivity index (χ4v) is 2.98. The van der Waals surface area contributed by atoms with Crippen molar-refractivity contribution in [3.05, 3.63) is 0 Å². The van der Waals surface area contributed by atoms with E-state index in [1.807, 2.05) is 9.80 Å². The van der Waals surface area contributed by atoms with Crippen molar-refractivity contribution in [1.82, 2.24) is 15.1 Å². The maximum atomic E-state index is 11.8. The molecule has 1 unspecified atom stereocenters. The monoisotopic (exact) mass is 295 g/mol. The van der Waals surface area contributed by atoms with E-state index in [2.05, 4.69) is 5.32 Å². The van der Waals surface area contributed by atoms with E-state index in [4.69, 9.17) is 0 Å². The van der Waals surface area contributed by atoms with Gasteiger partial charge in [-0.3, -0.25) is 14.4 Å². The normalized spacial score (nSPS) is 21.7. The average Bonchev–Trinajstić information content (AvgIpc) is 3.13. The second-order valence-electron chi connectivity index (χ2n) is 6.01. The summed E-state index contributed by atoms with van der Waals surface area (Å²) in [5.74, 6) is 0.460. The second-order valence-corrected chi connectivity index (χ2v) is 6.01. The maximum Gasteiger partial charge on any atom is 0.223 e. The molecular weight excluding hydrogens is 270 g/mol. The van der Waals surface area contributed by atoms with Gasteiger partial charge in [-0.15, -0.1) is 0 Å². The molecule has 0 radical (unpaired) electrons. The van der Waals surface area contributed by atoms with Crippen LogP contribution in [0.3, 0.4) is 0 Å². The molecule has 0 aliphatic carbocycles. The number of hydrogen-bond donors (Lipinski definition) is 1. The number of nitrogens with zero attached hydrogens (tertiary/aromatic N) is 2. The van der Waals surface area contributed by atoms with Crippen LogP contribution in [0.2, 0.25) is 0 Å². The number of nitrogens with one attached hydrogen (secondary N) is 1. The predicted octanol–water partition coefficient (Wildman–Crippen LogP) is 0.374. The molecule has 1 N–H and O–H groups in total. The van der Waals surface area contributed by atoms with E-state index in [-0.39, 0.29) is 24.1 Å². The van der Waals surface area contributed by atoms with E-state index >= 15 is 0 Å². The molecule has 2 fully saturated rings. The van der Waals surface area contributed by atoms with Gasteiger partial charge in [0.05, 0.1) is 0 Å². The first kappa shape index (κ1) is 15.8. The van der Waals surface area contributed by atoms with Crippen LogP contribution in [0.25, 0.3) is 0 Å². The van der Waals surface area contributed by atoms with Crippen LogP contribution in [-0.4, -0.2) is 60.2 Å². The Morgan fingerprint density at radius 3 is 2.38 bits per heavy atom. The Morgan fingerprint density at radius 1 is 1.05 bits per heavy atom. The van der Waals surface area contributed by atoms with Crippen molar-refractivity contribution < 1.29 is 14.4 Å². The third-order valence-electron chi connectivity index (χ3n) is 4.34. The van der Waals surface area contributed by atoms with Crippen LogP contribution in [0.4, 0.5) is 0 Å². The third kappa shape index (κ3) is 4.72. The van der Waals surface area contributed by atoms with Crippen molar-refractivity contribution in [3.63, 3.8) is 0 Å². The summed E-state index contributed by atoms with van der Waals surface area (Å²) in [6.45, 7) is 5.35. The highest BCUT2D eigenvalue weighted by Gasteiger charge is 2.24. The molecule has 2 aliphatic heterocycles. The lowest BCUT2D eigenvalue weighted by Crippen LogP contribution is -2.33. The molecule has 0 aromatic carbocycles. The summed E-state index contributed by atoms with van der Waals surface area (Å²) >= 11 is 0. The molecular formula is C15H25N3O3. The van der Waals surface area contributed by atoms with E-state index in [1.165, 1.54) is 0 Å². The van der Waals surface area contributed by atoms with Crippen LogP contribution >= 0.6 is 0 Å². The van der Waals surface area contributed by atoms with Crippen LogP contribution in [0.1, 0.15) is 39.0 Å². The molecule has 3 amide bonds. The number of rotatable bonds is 5. The fourth-order valence-electron chi connectivity index (χ4n) is 2.98. The van der Waals surface area contributed by atoms with Gasteiger partial charge in [-0.2, -0.15) is 0 Å². The summed E-state index contributed by atoms with van der Waals surface area (Å²) in [5, 5.41) is 2.88. The zero-order chi connectivity index (χ0) is 15.2. The van der Waals surface area contributed by atoms with Crippen LogP contribution in [0.5, 0.6) is 0 Å². The molecule has 0 spiro atoms. The molecule has 6 nitrogen and oxygen atoms in total. The lowest BCUT2D eigenvalue weighted by molar-refractivity contribution is -0.132. The Bertz CT molecular complexity index is 405. The molecule has 0 saturated carbocycles. The van der Waals surface area contributed by atoms with E-state index in [0.29, 0.717) is 18.9 Å². The van der Waals surface area contributed by atoms with Crippen molar-refractivity contribution in [3.8, 4) is 0 Å². The van der Waals surface area contributed by atoms with Crippen LogP contribution in [0, 0.1) is 5.92 Å². The van der Waals surface area contributed by atoms with Crippen molar-refractivity contribution in [2.24, 2.45) is 5.92 Å². The van der Waals surface area contributed by atoms with E-state index in [1.54, 1.807) is 6.92 Å². The quantitative estimate of drug-likeness (QED) is 0.797. The summed E-state index contributed by atoms with van der Waals surface area (Å²) < 4.78 is 0. The third-order valence-corrected chi connectivity index (χ3v) is 4.34. The molecule has 6 heteroatoms. The Morgan fingerprint density at radius 2 is 1.76 bits per heavy atom. The highest BCUT2D eigenvalue weighted by atomic mass is 16.2. The minimum absolute atomic E-state index is 0.0659. The minimum atomic E-state index is -0.0659. The average molecular weight is 295 g/mol. The highest BCUT2D eigenvalue weighted by molar-refractivity contribution is 5.83. The lowest BCUT2D eigenvalue weighted by atomic mass is 10.1. The molecule has 21 heavy (non-hydrogen) atoms. The molecule has 2 aliphatic rings. The zero-order valence-corrected chi connectivity index (χ0v) is 12.8. The predicted molar refractivity (Wildman–Crippen MR) is 78.4 cm³/mol. The molecule has 0 aromatic rings. The van der Waals surface area contributed by atoms with Crippen molar-refractivity contribution in [1.29, 1.82) is 0 Å². The summed E-state index contributed by atoms with van der Waals surface area (Å²) in [4.78, 5) is 38.5. The number of amides is 3. The molecule has 0 aromatic heterocycles. The van der Waals surface area contributed by atoms with Gasteiger partial charge < -0.3 is 15.1 Å². The standard InChI is InChI=1S/C15H25N3O3/c1-12(19)18-9-6-13(11-18)10-16-14(20)4-5-15(21)17-7-2-3-8-17/h13H,2-11H2,1H3,(H,16,20). The molecule has 2 heterocycles. The Hall–Kier alpha value is -1.59. The van der Waals surface area contributed by atoms with Crippen molar-refractivity contribution >= 4 is 17.7 Å². The molecule has 0 bridgehead atoms. The van der Waals surface area contributed by atoms with Crippen molar-refractivity contribution in [2.45, 2.75) is 39.0 Å². The zero-order valence-electron chi connectivity index (χ0n) is 12.8. The summed E-state index contributed by atoms with van der Waals surface area (Å²) in [6.07, 6.45) is 3.65. The van der Waals surface area contributed by atoms with Crippen LogP contribution < -0.4 is 5.32 Å². The first-order chi connectivity index (χ1) is 10.1. The number of hydrogen-bond acceptors (Lipinski definition) is 3. The number of likely N-dealkylation sites (tertiary alicyclic amines) is 2. The highest BCUT2D eigenvalue weighted by Crippen LogP contribution is 2.15. The Labute approximate surface area is 125 Å². The summed E-state index contributed by atoms with van der Waals surface area (Å²) in [6, 6.07) is 0. The fraction of sp³-hybridized carbons (Fsp3) is 0.800. The van der Waals surface area contributed by atoms with Crippen LogP contribution in [-0.2, 0) is 14.4 Å². The minimum Gasteiger partial charge on any atom is -0.356 e. The maximum absolute atomic E-state index is 11.8. The largest absolute Gasteiger partial charge is 0.356 e. The van der Waals surface area contributed by atoms with E-state index < -0.39 is 0 Å². The molecule has 2 rings (SSSR count). The topological polar surface area (TPSA) is 69.7 Å². The van der Waals surface area contributed by atoms with Gasteiger partial charge in [0.2, 0.25) is 17.7 Å². The van der Waals surface area contributed by atoms with Gasteiger partial charge in [-0.25, -0.2) is 0 Å². The molecule has 118 valence electrons. The number of carbonyl (C=O) groups excluding carboxylic acids is 3. The Balaban J connectivity index is 1.59. The van der Waals surface area contributed by atoms with E-state index in [0.717, 1.165) is 45.4 Å². The van der Waals surface area contributed by atoms with Gasteiger partial charge in [0, 0.05) is 52.5 Å². The van der Waals surface area contributed by atoms with Crippen LogP contribution in [0.15, 0.2) is 0 Å². The summed E-state index contributed by atoms with van der Waals surface area (Å²) in [5.41, 5.74) is 0. The first-order valence-electron chi connectivity index (χ1n) is 7.86. The van der Waals surface area contributed by atoms with Gasteiger partial charge in [-0.1, -0.05) is 0 Å². The number of carbonyl (C=O) groups is 3. The SMILES string of the molecule is CC(=O)N1CCC(CNC(=O)CCC(=O)N2CCCC2)C1. The smallest absolute Gasteiger partial charge is 0.223 e. The second kappa shape index (κ2) is 7.43. The van der Waals surface area contributed by atoms with Gasteiger partial charge in [0.1, 0.15) is 0 Å². The molecule has 2 saturated heterocycles. The summed E-state index contributed by atoms with van der Waals surface area (Å²) in [7, 11) is 0. The molecule has 1 atom stereocenters. The van der Waals surface area contributed by atoms with Gasteiger partial charge in [-0.05, 0) is 25.2 Å².